The second-order valence-corrected chi connectivity index (χ2v) is 6.52. The predicted molar refractivity (Wildman–Crippen MR) is 78.2 cm³/mol. The highest BCUT2D eigenvalue weighted by atomic mass is 32.2. The number of nitrogen functional groups attached to an aromatic ring is 1. The molecule has 9 heteroatoms. The zero-order valence-corrected chi connectivity index (χ0v) is 12.5. The van der Waals surface area contributed by atoms with Crippen molar-refractivity contribution in [3.63, 3.8) is 0 Å². The first-order valence-electron chi connectivity index (χ1n) is 6.25. The third kappa shape index (κ3) is 4.71. The number of benzene rings is 1. The van der Waals surface area contributed by atoms with Crippen LogP contribution in [0.4, 0.5) is 11.4 Å². The van der Waals surface area contributed by atoms with Crippen molar-refractivity contribution < 1.29 is 18.1 Å². The quantitative estimate of drug-likeness (QED) is 0.461. The molecule has 0 saturated carbocycles. The number of nitrogens with zero attached hydrogens (tertiary/aromatic N) is 1. The Hall–Kier alpha value is -2.16. The first-order chi connectivity index (χ1) is 9.66. The van der Waals surface area contributed by atoms with Crippen molar-refractivity contribution in [3.8, 4) is 0 Å². The second-order valence-electron chi connectivity index (χ2n) is 4.76. The number of hydrogen-bond acceptors (Lipinski definition) is 6. The topological polar surface area (TPSA) is 132 Å². The molecule has 0 bridgehead atoms. The van der Waals surface area contributed by atoms with Crippen LogP contribution in [0.3, 0.4) is 0 Å². The Morgan fingerprint density at radius 3 is 2.62 bits per heavy atom. The van der Waals surface area contributed by atoms with E-state index in [1.54, 1.807) is 6.92 Å². The molecule has 3 N–H and O–H groups in total. The summed E-state index contributed by atoms with van der Waals surface area (Å²) in [6, 6.07) is 3.37. The highest BCUT2D eigenvalue weighted by Gasteiger charge is 2.21. The van der Waals surface area contributed by atoms with E-state index in [-0.39, 0.29) is 22.9 Å². The summed E-state index contributed by atoms with van der Waals surface area (Å²) in [5, 5.41) is 10.7. The number of hydrogen-bond donors (Lipinski definition) is 2. The van der Waals surface area contributed by atoms with Crippen LogP contribution in [0.25, 0.3) is 0 Å². The molecule has 116 valence electrons. The van der Waals surface area contributed by atoms with E-state index in [1.807, 2.05) is 11.6 Å². The molecular formula is C12H17N3O5S. The molecule has 0 saturated heterocycles. The number of amides is 1. The smallest absolute Gasteiger partial charge is 0.292 e. The van der Waals surface area contributed by atoms with Crippen LogP contribution in [0.5, 0.6) is 0 Å². The lowest BCUT2D eigenvalue weighted by atomic mass is 10.1. The number of nitrogens with one attached hydrogen (secondary N) is 1. The highest BCUT2D eigenvalue weighted by molar-refractivity contribution is 7.90. The number of nitro benzene ring substituents is 1. The van der Waals surface area contributed by atoms with Gasteiger partial charge in [0.05, 0.1) is 10.7 Å². The number of rotatable bonds is 6. The van der Waals surface area contributed by atoms with Crippen molar-refractivity contribution >= 4 is 27.3 Å². The van der Waals surface area contributed by atoms with Gasteiger partial charge in [0, 0.05) is 11.6 Å². The number of nitrogens with two attached hydrogens (primary N) is 1. The van der Waals surface area contributed by atoms with Crippen LogP contribution in [0.1, 0.15) is 30.6 Å². The van der Waals surface area contributed by atoms with Gasteiger partial charge in [-0.2, -0.15) is 0 Å². The number of carbonyl (C=O) groups is 1. The summed E-state index contributed by atoms with van der Waals surface area (Å²) in [7, 11) is -3.78. The van der Waals surface area contributed by atoms with Crippen LogP contribution >= 0.6 is 0 Å². The van der Waals surface area contributed by atoms with E-state index in [9.17, 15) is 23.3 Å². The summed E-state index contributed by atoms with van der Waals surface area (Å²) in [5.74, 6) is -1.20. The van der Waals surface area contributed by atoms with Crippen LogP contribution in [0.2, 0.25) is 0 Å². The molecule has 0 fully saturated rings. The molecule has 0 aliphatic carbocycles. The Morgan fingerprint density at radius 2 is 2.10 bits per heavy atom. The SMILES string of the molecule is CCC(C)CS(=O)(=O)NC(=O)c1ccc(N)c([N+](=O)[O-])c1. The van der Waals surface area contributed by atoms with Gasteiger partial charge in [-0.1, -0.05) is 20.3 Å². The molecule has 1 aromatic carbocycles. The van der Waals surface area contributed by atoms with Gasteiger partial charge in [-0.05, 0) is 18.1 Å². The minimum absolute atomic E-state index is 0.0981. The van der Waals surface area contributed by atoms with Gasteiger partial charge < -0.3 is 5.73 Å². The van der Waals surface area contributed by atoms with Crippen LogP contribution in [0.15, 0.2) is 18.2 Å². The van der Waals surface area contributed by atoms with E-state index in [2.05, 4.69) is 0 Å². The van der Waals surface area contributed by atoms with Gasteiger partial charge in [-0.3, -0.25) is 14.9 Å². The van der Waals surface area contributed by atoms with Gasteiger partial charge in [-0.15, -0.1) is 0 Å². The van der Waals surface area contributed by atoms with Crippen molar-refractivity contribution in [2.75, 3.05) is 11.5 Å². The van der Waals surface area contributed by atoms with Gasteiger partial charge in [0.15, 0.2) is 0 Å². The predicted octanol–water partition coefficient (Wildman–Crippen LogP) is 1.28. The summed E-state index contributed by atoms with van der Waals surface area (Å²) in [6.07, 6.45) is 0.655. The Labute approximate surface area is 122 Å². The van der Waals surface area contributed by atoms with Crippen molar-refractivity contribution in [1.82, 2.24) is 4.72 Å². The fourth-order valence-corrected chi connectivity index (χ4v) is 3.05. The maximum Gasteiger partial charge on any atom is 0.292 e. The molecule has 0 spiro atoms. The first kappa shape index (κ1) is 16.9. The standard InChI is InChI=1S/C12H17N3O5S/c1-3-8(2)7-21(19,20)14-12(16)9-4-5-10(13)11(6-9)15(17)18/h4-6,8H,3,7,13H2,1-2H3,(H,14,16). The van der Waals surface area contributed by atoms with Gasteiger partial charge >= 0.3 is 0 Å². The summed E-state index contributed by atoms with van der Waals surface area (Å²) >= 11 is 0. The van der Waals surface area contributed by atoms with Crippen molar-refractivity contribution in [3.05, 3.63) is 33.9 Å². The molecule has 1 aromatic rings. The van der Waals surface area contributed by atoms with E-state index in [4.69, 9.17) is 5.73 Å². The molecule has 0 aliphatic heterocycles. The zero-order valence-electron chi connectivity index (χ0n) is 11.7. The molecular weight excluding hydrogens is 298 g/mol. The van der Waals surface area contributed by atoms with Crippen LogP contribution in [0, 0.1) is 16.0 Å². The lowest BCUT2D eigenvalue weighted by molar-refractivity contribution is -0.383. The third-order valence-electron chi connectivity index (χ3n) is 2.94. The average Bonchev–Trinajstić information content (AvgIpc) is 2.37. The lowest BCUT2D eigenvalue weighted by Gasteiger charge is -2.10. The number of carbonyl (C=O) groups excluding carboxylic acids is 1. The molecule has 0 aliphatic rings. The molecule has 0 aromatic heterocycles. The number of sulfonamides is 1. The normalized spacial score (nSPS) is 12.7. The molecule has 21 heavy (non-hydrogen) atoms. The minimum atomic E-state index is -3.78. The Kier molecular flexibility index (Phi) is 5.25. The average molecular weight is 315 g/mol. The molecule has 8 nitrogen and oxygen atoms in total. The highest BCUT2D eigenvalue weighted by Crippen LogP contribution is 2.22. The largest absolute Gasteiger partial charge is 0.393 e. The third-order valence-corrected chi connectivity index (χ3v) is 4.44. The molecule has 1 amide bonds. The van der Waals surface area contributed by atoms with Crippen molar-refractivity contribution in [2.24, 2.45) is 5.92 Å². The molecule has 1 atom stereocenters. The fraction of sp³-hybridized carbons (Fsp3) is 0.417. The van der Waals surface area contributed by atoms with Gasteiger partial charge in [0.2, 0.25) is 10.0 Å². The van der Waals surface area contributed by atoms with E-state index in [0.29, 0.717) is 6.42 Å². The lowest BCUT2D eigenvalue weighted by Crippen LogP contribution is -2.34. The molecule has 0 radical (unpaired) electrons. The summed E-state index contributed by atoms with van der Waals surface area (Å²) in [6.45, 7) is 3.59. The van der Waals surface area contributed by atoms with Crippen LogP contribution in [-0.4, -0.2) is 25.0 Å². The van der Waals surface area contributed by atoms with Gasteiger partial charge in [0.1, 0.15) is 5.69 Å². The summed E-state index contributed by atoms with van der Waals surface area (Å²) in [5.41, 5.74) is 4.73. The van der Waals surface area contributed by atoms with Crippen LogP contribution in [-0.2, 0) is 10.0 Å². The van der Waals surface area contributed by atoms with E-state index in [1.165, 1.54) is 12.1 Å². The molecule has 1 rings (SSSR count). The summed E-state index contributed by atoms with van der Waals surface area (Å²) in [4.78, 5) is 21.9. The number of anilines is 1. The molecule has 0 heterocycles. The maximum atomic E-state index is 11.9. The van der Waals surface area contributed by atoms with Gasteiger partial charge in [-0.25, -0.2) is 13.1 Å². The minimum Gasteiger partial charge on any atom is -0.393 e. The summed E-state index contributed by atoms with van der Waals surface area (Å²) < 4.78 is 25.5. The van der Waals surface area contributed by atoms with E-state index in [0.717, 1.165) is 6.07 Å². The second kappa shape index (κ2) is 6.53. The van der Waals surface area contributed by atoms with E-state index >= 15 is 0 Å². The van der Waals surface area contributed by atoms with Crippen LogP contribution < -0.4 is 10.5 Å². The Morgan fingerprint density at radius 1 is 1.48 bits per heavy atom. The van der Waals surface area contributed by atoms with Crippen molar-refractivity contribution in [1.29, 1.82) is 0 Å². The maximum absolute atomic E-state index is 11.9. The van der Waals surface area contributed by atoms with E-state index < -0.39 is 26.5 Å². The monoisotopic (exact) mass is 315 g/mol. The Balaban J connectivity index is 2.95. The first-order valence-corrected chi connectivity index (χ1v) is 7.90. The molecule has 1 unspecified atom stereocenters. The zero-order chi connectivity index (χ0) is 16.2. The fourth-order valence-electron chi connectivity index (χ4n) is 1.58. The Bertz CT molecular complexity index is 657. The number of nitro groups is 1. The van der Waals surface area contributed by atoms with Crippen molar-refractivity contribution in [2.45, 2.75) is 20.3 Å². The van der Waals surface area contributed by atoms with Gasteiger partial charge in [0.25, 0.3) is 11.6 Å².